The van der Waals surface area contributed by atoms with Gasteiger partial charge >= 0.3 is 5.00 Å². The second-order valence-corrected chi connectivity index (χ2v) is 10.4. The Morgan fingerprint density at radius 2 is 2.00 bits per heavy atom. The quantitative estimate of drug-likeness (QED) is 0.352. The molecule has 2 aromatic heterocycles. The van der Waals surface area contributed by atoms with E-state index >= 15 is 0 Å². The molecule has 0 atom stereocenters. The number of hydrogen-bond acceptors (Lipinski definition) is 8. The van der Waals surface area contributed by atoms with Crippen LogP contribution < -0.4 is 0 Å². The van der Waals surface area contributed by atoms with Crippen molar-refractivity contribution in [1.82, 2.24) is 14.9 Å². The number of nitro groups is 1. The molecule has 0 radical (unpaired) electrons. The molecular weight excluding hydrogens is 440 g/mol. The molecule has 0 aliphatic carbocycles. The van der Waals surface area contributed by atoms with Crippen molar-refractivity contribution in [2.24, 2.45) is 5.92 Å². The number of carbonyl (C=O) groups excluding carboxylic acids is 1. The zero-order valence-electron chi connectivity index (χ0n) is 16.3. The number of nitrogens with zero attached hydrogens (tertiary/aromatic N) is 4. The van der Waals surface area contributed by atoms with Crippen molar-refractivity contribution in [1.29, 1.82) is 0 Å². The van der Waals surface area contributed by atoms with Gasteiger partial charge in [-0.3, -0.25) is 14.9 Å². The van der Waals surface area contributed by atoms with Crippen molar-refractivity contribution in [3.8, 4) is 11.3 Å². The first-order valence-corrected chi connectivity index (χ1v) is 12.2. The van der Waals surface area contributed by atoms with Crippen molar-refractivity contribution in [3.63, 3.8) is 0 Å². The molecule has 1 aliphatic rings. The lowest BCUT2D eigenvalue weighted by Crippen LogP contribution is -2.38. The molecule has 1 aromatic carbocycles. The maximum atomic E-state index is 12.8. The summed E-state index contributed by atoms with van der Waals surface area (Å²) >= 11 is 3.82. The Kier molecular flexibility index (Phi) is 6.45. The molecule has 1 saturated heterocycles. The fourth-order valence-electron chi connectivity index (χ4n) is 3.40. The largest absolute Gasteiger partial charge is 0.344 e. The smallest absolute Gasteiger partial charge is 0.339 e. The standard InChI is InChI=1S/C20H20N4O3S3/c1-2-13-7-9-23(10-8-13)18(25)15-5-3-14(4-6-15)16-12-28-20(22-16)30-19-21-11-17(29-19)24(26)27/h3-6,11-13H,2,7-10H2,1H3. The second-order valence-electron chi connectivity index (χ2n) is 7.04. The molecule has 10 heteroatoms. The van der Waals surface area contributed by atoms with Gasteiger partial charge in [0, 0.05) is 29.6 Å². The first-order valence-electron chi connectivity index (χ1n) is 9.66. The highest BCUT2D eigenvalue weighted by atomic mass is 32.2. The van der Waals surface area contributed by atoms with Crippen LogP contribution in [0.15, 0.2) is 44.5 Å². The third kappa shape index (κ3) is 4.71. The van der Waals surface area contributed by atoms with Gasteiger partial charge in [-0.25, -0.2) is 9.97 Å². The predicted octanol–water partition coefficient (Wildman–Crippen LogP) is 5.59. The van der Waals surface area contributed by atoms with E-state index in [2.05, 4.69) is 16.9 Å². The molecule has 0 unspecified atom stereocenters. The summed E-state index contributed by atoms with van der Waals surface area (Å²) in [5.41, 5.74) is 2.45. The molecule has 3 heterocycles. The van der Waals surface area contributed by atoms with Gasteiger partial charge in [0.25, 0.3) is 5.91 Å². The van der Waals surface area contributed by atoms with Crippen molar-refractivity contribution in [2.45, 2.75) is 34.9 Å². The third-order valence-corrected chi connectivity index (χ3v) is 8.18. The predicted molar refractivity (Wildman–Crippen MR) is 119 cm³/mol. The van der Waals surface area contributed by atoms with Crippen LogP contribution in [-0.2, 0) is 0 Å². The summed E-state index contributed by atoms with van der Waals surface area (Å²) in [7, 11) is 0. The van der Waals surface area contributed by atoms with Crippen LogP contribution in [0.3, 0.4) is 0 Å². The van der Waals surface area contributed by atoms with E-state index in [9.17, 15) is 14.9 Å². The van der Waals surface area contributed by atoms with Crippen LogP contribution in [0.2, 0.25) is 0 Å². The number of carbonyl (C=O) groups is 1. The Bertz CT molecular complexity index is 1040. The number of likely N-dealkylation sites (tertiary alicyclic amines) is 1. The molecule has 156 valence electrons. The zero-order chi connectivity index (χ0) is 21.1. The van der Waals surface area contributed by atoms with Gasteiger partial charge in [-0.05, 0) is 54.0 Å². The maximum Gasteiger partial charge on any atom is 0.344 e. The first kappa shape index (κ1) is 21.0. The lowest BCUT2D eigenvalue weighted by Gasteiger charge is -2.31. The van der Waals surface area contributed by atoms with Gasteiger partial charge in [0.1, 0.15) is 6.20 Å². The first-order chi connectivity index (χ1) is 14.5. The number of benzene rings is 1. The average Bonchev–Trinajstić information content (AvgIpc) is 3.44. The summed E-state index contributed by atoms with van der Waals surface area (Å²) in [6.45, 7) is 3.88. The van der Waals surface area contributed by atoms with Gasteiger partial charge < -0.3 is 4.90 Å². The number of amides is 1. The van der Waals surface area contributed by atoms with Crippen LogP contribution in [0.25, 0.3) is 11.3 Å². The highest BCUT2D eigenvalue weighted by Gasteiger charge is 2.22. The van der Waals surface area contributed by atoms with E-state index in [1.807, 2.05) is 34.5 Å². The minimum absolute atomic E-state index is 0.0217. The fourth-order valence-corrected chi connectivity index (χ4v) is 6.21. The molecule has 30 heavy (non-hydrogen) atoms. The van der Waals surface area contributed by atoms with E-state index < -0.39 is 4.92 Å². The molecule has 3 aromatic rings. The van der Waals surface area contributed by atoms with Crippen LogP contribution in [0, 0.1) is 16.0 Å². The van der Waals surface area contributed by atoms with Crippen molar-refractivity contribution >= 4 is 45.3 Å². The van der Waals surface area contributed by atoms with Crippen molar-refractivity contribution in [3.05, 3.63) is 51.5 Å². The van der Waals surface area contributed by atoms with Crippen molar-refractivity contribution in [2.75, 3.05) is 13.1 Å². The van der Waals surface area contributed by atoms with Gasteiger partial charge in [-0.15, -0.1) is 11.3 Å². The van der Waals surface area contributed by atoms with E-state index in [1.165, 1.54) is 35.7 Å². The van der Waals surface area contributed by atoms with Gasteiger partial charge in [0.05, 0.1) is 10.6 Å². The van der Waals surface area contributed by atoms with Crippen LogP contribution in [0.1, 0.15) is 36.5 Å². The summed E-state index contributed by atoms with van der Waals surface area (Å²) < 4.78 is 1.36. The Morgan fingerprint density at radius 3 is 2.63 bits per heavy atom. The second kappa shape index (κ2) is 9.23. The molecule has 0 N–H and O–H groups in total. The Labute approximate surface area is 186 Å². The molecule has 0 saturated carbocycles. The maximum absolute atomic E-state index is 12.8. The Morgan fingerprint density at radius 1 is 1.27 bits per heavy atom. The lowest BCUT2D eigenvalue weighted by atomic mass is 9.94. The summed E-state index contributed by atoms with van der Waals surface area (Å²) in [4.78, 5) is 33.7. The topological polar surface area (TPSA) is 89.2 Å². The number of aromatic nitrogens is 2. The van der Waals surface area contributed by atoms with Gasteiger partial charge in [0.15, 0.2) is 8.68 Å². The Hall–Kier alpha value is -2.30. The van der Waals surface area contributed by atoms with E-state index in [0.717, 1.165) is 58.8 Å². The fraction of sp³-hybridized carbons (Fsp3) is 0.350. The third-order valence-electron chi connectivity index (χ3n) is 5.22. The zero-order valence-corrected chi connectivity index (χ0v) is 18.8. The molecule has 1 aliphatic heterocycles. The summed E-state index contributed by atoms with van der Waals surface area (Å²) in [6.07, 6.45) is 4.62. The summed E-state index contributed by atoms with van der Waals surface area (Å²) in [5, 5.41) is 12.8. The number of thiazole rings is 2. The minimum Gasteiger partial charge on any atom is -0.339 e. The monoisotopic (exact) mass is 460 g/mol. The molecule has 0 spiro atoms. The van der Waals surface area contributed by atoms with Gasteiger partial charge in [-0.1, -0.05) is 25.5 Å². The normalized spacial score (nSPS) is 14.8. The average molecular weight is 461 g/mol. The summed E-state index contributed by atoms with van der Waals surface area (Å²) in [6, 6.07) is 7.56. The highest BCUT2D eigenvalue weighted by Crippen LogP contribution is 2.37. The van der Waals surface area contributed by atoms with E-state index in [1.54, 1.807) is 0 Å². The van der Waals surface area contributed by atoms with Crippen molar-refractivity contribution < 1.29 is 9.72 Å². The lowest BCUT2D eigenvalue weighted by molar-refractivity contribution is -0.380. The Balaban J connectivity index is 1.40. The molecule has 7 nitrogen and oxygen atoms in total. The van der Waals surface area contributed by atoms with Gasteiger partial charge in [-0.2, -0.15) is 0 Å². The minimum atomic E-state index is -0.441. The van der Waals surface area contributed by atoms with E-state index in [-0.39, 0.29) is 10.9 Å². The molecule has 1 fully saturated rings. The highest BCUT2D eigenvalue weighted by molar-refractivity contribution is 8.02. The number of hydrogen-bond donors (Lipinski definition) is 0. The SMILES string of the molecule is CCC1CCN(C(=O)c2ccc(-c3csc(Sc4ncc([N+](=O)[O-])s4)n3)cc2)CC1. The molecule has 1 amide bonds. The summed E-state index contributed by atoms with van der Waals surface area (Å²) in [5.74, 6) is 0.833. The van der Waals surface area contributed by atoms with E-state index in [0.29, 0.717) is 9.90 Å². The van der Waals surface area contributed by atoms with E-state index in [4.69, 9.17) is 0 Å². The van der Waals surface area contributed by atoms with Crippen LogP contribution in [-0.4, -0.2) is 38.8 Å². The number of piperidine rings is 1. The number of rotatable bonds is 6. The molecule has 0 bridgehead atoms. The van der Waals surface area contributed by atoms with Gasteiger partial charge in [0.2, 0.25) is 0 Å². The van der Waals surface area contributed by atoms with Crippen LogP contribution in [0.4, 0.5) is 5.00 Å². The molecular formula is C20H20N4O3S3. The van der Waals surface area contributed by atoms with Crippen LogP contribution >= 0.6 is 34.4 Å². The van der Waals surface area contributed by atoms with Crippen LogP contribution in [0.5, 0.6) is 0 Å². The molecule has 4 rings (SSSR count).